The summed E-state index contributed by atoms with van der Waals surface area (Å²) in [4.78, 5) is 47.9. The van der Waals surface area contributed by atoms with Gasteiger partial charge in [0.05, 0.1) is 17.0 Å². The smallest absolute Gasteiger partial charge is 0.370 e. The SMILES string of the molecule is CN(C(=O)Nc1cc(C(F)(F)F)cn(C)c1=O)C1CCN(C2=CC3=NC(=O)NC3N=C2)CC1. The Balaban J connectivity index is 1.38. The minimum Gasteiger partial charge on any atom is -0.370 e. The predicted molar refractivity (Wildman–Crippen MR) is 114 cm³/mol. The van der Waals surface area contributed by atoms with Gasteiger partial charge in [-0.1, -0.05) is 0 Å². The lowest BCUT2D eigenvalue weighted by atomic mass is 10.0. The van der Waals surface area contributed by atoms with Crippen molar-refractivity contribution in [2.24, 2.45) is 17.0 Å². The zero-order valence-electron chi connectivity index (χ0n) is 17.9. The van der Waals surface area contributed by atoms with Crippen molar-refractivity contribution in [3.8, 4) is 0 Å². The third-order valence-electron chi connectivity index (χ3n) is 5.87. The molecule has 3 aliphatic rings. The van der Waals surface area contributed by atoms with Crippen LogP contribution in [0.1, 0.15) is 18.4 Å². The molecule has 0 radical (unpaired) electrons. The molecule has 10 nitrogen and oxygen atoms in total. The number of anilines is 1. The number of pyridine rings is 1. The van der Waals surface area contributed by atoms with Crippen LogP contribution in [-0.4, -0.2) is 70.7 Å². The first kappa shape index (κ1) is 22.6. The van der Waals surface area contributed by atoms with E-state index in [0.717, 1.165) is 10.3 Å². The molecule has 0 aliphatic carbocycles. The van der Waals surface area contributed by atoms with Gasteiger partial charge in [-0.25, -0.2) is 9.59 Å². The van der Waals surface area contributed by atoms with Gasteiger partial charge in [-0.15, -0.1) is 0 Å². The fraction of sp³-hybridized carbons (Fsp3) is 0.450. The number of halogens is 3. The molecule has 176 valence electrons. The van der Waals surface area contributed by atoms with Crippen LogP contribution in [0.15, 0.2) is 38.8 Å². The maximum atomic E-state index is 13.1. The number of urea groups is 2. The molecule has 0 spiro atoms. The Hall–Kier alpha value is -3.64. The van der Waals surface area contributed by atoms with Crippen molar-refractivity contribution in [1.82, 2.24) is 19.7 Å². The van der Waals surface area contributed by atoms with Crippen LogP contribution in [0.4, 0.5) is 28.4 Å². The monoisotopic (exact) mass is 465 g/mol. The number of amides is 4. The first-order chi connectivity index (χ1) is 15.5. The molecule has 4 amide bonds. The molecule has 2 N–H and O–H groups in total. The van der Waals surface area contributed by atoms with Gasteiger partial charge in [0.25, 0.3) is 5.56 Å². The Kier molecular flexibility index (Phi) is 5.72. The Bertz CT molecular complexity index is 1130. The minimum absolute atomic E-state index is 0.170. The van der Waals surface area contributed by atoms with Crippen molar-refractivity contribution >= 4 is 29.7 Å². The second-order valence-corrected chi connectivity index (χ2v) is 8.05. The molecule has 1 aromatic heterocycles. The molecule has 1 atom stereocenters. The highest BCUT2D eigenvalue weighted by atomic mass is 19.4. The number of carbonyl (C=O) groups is 2. The van der Waals surface area contributed by atoms with Gasteiger partial charge in [0.15, 0.2) is 6.17 Å². The van der Waals surface area contributed by atoms with Gasteiger partial charge in [0.1, 0.15) is 5.69 Å². The number of fused-ring (bicyclic) bond motifs is 1. The van der Waals surface area contributed by atoms with Gasteiger partial charge in [-0.3, -0.25) is 9.79 Å². The number of aliphatic imine (C=N–C) groups is 2. The molecule has 1 unspecified atom stereocenters. The van der Waals surface area contributed by atoms with E-state index < -0.39 is 41.2 Å². The Morgan fingerprint density at radius 2 is 1.97 bits per heavy atom. The molecular weight excluding hydrogens is 443 g/mol. The molecule has 1 saturated heterocycles. The molecule has 13 heteroatoms. The maximum absolute atomic E-state index is 13.1. The number of aryl methyl sites for hydroxylation is 1. The summed E-state index contributed by atoms with van der Waals surface area (Å²) in [6, 6.07) is -0.607. The number of carbonyl (C=O) groups excluding carboxylic acids is 2. The van der Waals surface area contributed by atoms with E-state index in [0.29, 0.717) is 43.9 Å². The lowest BCUT2D eigenvalue weighted by molar-refractivity contribution is -0.138. The van der Waals surface area contributed by atoms with Gasteiger partial charge >= 0.3 is 18.2 Å². The summed E-state index contributed by atoms with van der Waals surface area (Å²) in [7, 11) is 2.74. The number of likely N-dealkylation sites (tertiary alicyclic amines) is 1. The van der Waals surface area contributed by atoms with Crippen molar-refractivity contribution in [3.63, 3.8) is 0 Å². The highest BCUT2D eigenvalue weighted by Crippen LogP contribution is 2.29. The molecule has 4 heterocycles. The summed E-state index contributed by atoms with van der Waals surface area (Å²) in [6.07, 6.45) is 0.272. The van der Waals surface area contributed by atoms with E-state index in [1.165, 1.54) is 11.9 Å². The van der Waals surface area contributed by atoms with Gasteiger partial charge in [0.2, 0.25) is 0 Å². The lowest BCUT2D eigenvalue weighted by Crippen LogP contribution is -2.47. The fourth-order valence-electron chi connectivity index (χ4n) is 3.98. The zero-order chi connectivity index (χ0) is 23.9. The average Bonchev–Trinajstić information content (AvgIpc) is 3.14. The molecule has 1 fully saturated rings. The number of piperidine rings is 1. The van der Waals surface area contributed by atoms with Gasteiger partial charge in [0, 0.05) is 45.6 Å². The van der Waals surface area contributed by atoms with Crippen LogP contribution in [0.2, 0.25) is 0 Å². The first-order valence-corrected chi connectivity index (χ1v) is 10.2. The third-order valence-corrected chi connectivity index (χ3v) is 5.87. The van der Waals surface area contributed by atoms with E-state index in [2.05, 4.69) is 25.5 Å². The third kappa shape index (κ3) is 4.61. The van der Waals surface area contributed by atoms with Crippen molar-refractivity contribution in [2.45, 2.75) is 31.2 Å². The van der Waals surface area contributed by atoms with E-state index in [1.807, 2.05) is 0 Å². The van der Waals surface area contributed by atoms with Crippen molar-refractivity contribution in [2.75, 3.05) is 25.5 Å². The first-order valence-electron chi connectivity index (χ1n) is 10.2. The topological polar surface area (TPSA) is 111 Å². The Morgan fingerprint density at radius 1 is 1.27 bits per heavy atom. The highest BCUT2D eigenvalue weighted by Gasteiger charge is 2.33. The summed E-state index contributed by atoms with van der Waals surface area (Å²) in [5, 5.41) is 4.93. The molecule has 1 aromatic rings. The van der Waals surface area contributed by atoms with Crippen LogP contribution >= 0.6 is 0 Å². The van der Waals surface area contributed by atoms with Crippen molar-refractivity contribution in [3.05, 3.63) is 40.0 Å². The van der Waals surface area contributed by atoms with Crippen molar-refractivity contribution in [1.29, 1.82) is 0 Å². The van der Waals surface area contributed by atoms with E-state index >= 15 is 0 Å². The summed E-state index contributed by atoms with van der Waals surface area (Å²) in [5.74, 6) is 0. The number of nitrogens with one attached hydrogen (secondary N) is 2. The highest BCUT2D eigenvalue weighted by molar-refractivity contribution is 6.14. The number of hydrogen-bond donors (Lipinski definition) is 2. The van der Waals surface area contributed by atoms with Crippen molar-refractivity contribution < 1.29 is 22.8 Å². The molecule has 0 aromatic carbocycles. The second-order valence-electron chi connectivity index (χ2n) is 8.05. The van der Waals surface area contributed by atoms with E-state index in [-0.39, 0.29) is 6.04 Å². The number of allylic oxidation sites excluding steroid dienone is 1. The second kappa shape index (κ2) is 8.37. The Labute approximate surface area is 186 Å². The molecule has 0 saturated carbocycles. The molecule has 33 heavy (non-hydrogen) atoms. The number of hydrogen-bond acceptors (Lipinski definition) is 5. The van der Waals surface area contributed by atoms with E-state index in [1.54, 1.807) is 19.3 Å². The normalized spacial score (nSPS) is 20.7. The number of nitrogens with zero attached hydrogens (tertiary/aromatic N) is 5. The fourth-order valence-corrected chi connectivity index (χ4v) is 3.98. The minimum atomic E-state index is -4.64. The molecular formula is C20H22F3N7O3. The van der Waals surface area contributed by atoms with E-state index in [4.69, 9.17) is 0 Å². The largest absolute Gasteiger partial charge is 0.417 e. The van der Waals surface area contributed by atoms with Crippen LogP contribution in [0.3, 0.4) is 0 Å². The number of rotatable bonds is 3. The number of aromatic nitrogens is 1. The maximum Gasteiger partial charge on any atom is 0.417 e. The van der Waals surface area contributed by atoms with Crippen LogP contribution < -0.4 is 16.2 Å². The average molecular weight is 465 g/mol. The van der Waals surface area contributed by atoms with E-state index in [9.17, 15) is 27.6 Å². The molecule has 3 aliphatic heterocycles. The van der Waals surface area contributed by atoms with Gasteiger partial charge in [-0.05, 0) is 25.0 Å². The van der Waals surface area contributed by atoms with Crippen LogP contribution in [0.25, 0.3) is 0 Å². The molecule has 4 rings (SSSR count). The quantitative estimate of drug-likeness (QED) is 0.709. The van der Waals surface area contributed by atoms with Crippen LogP contribution in [-0.2, 0) is 13.2 Å². The number of dihydropyridines is 1. The predicted octanol–water partition coefficient (Wildman–Crippen LogP) is 1.79. The standard InChI is InChI=1S/C20H22F3N7O3/c1-28-10-11(20(21,22)23)7-15(17(28)31)26-19(33)29(2)12-3-5-30(6-4-12)13-8-14-16(24-9-13)27-18(32)25-14/h7-10,12,16H,3-6H2,1-2H3,(H,26,33)(H,27,32). The Morgan fingerprint density at radius 3 is 2.64 bits per heavy atom. The summed E-state index contributed by atoms with van der Waals surface area (Å²) in [5.41, 5.74) is -0.813. The van der Waals surface area contributed by atoms with Gasteiger partial charge < -0.3 is 25.0 Å². The summed E-state index contributed by atoms with van der Waals surface area (Å²) in [6.45, 7) is 1.20. The summed E-state index contributed by atoms with van der Waals surface area (Å²) >= 11 is 0. The zero-order valence-corrected chi connectivity index (χ0v) is 17.9. The lowest BCUT2D eigenvalue weighted by Gasteiger charge is -2.38. The van der Waals surface area contributed by atoms with Gasteiger partial charge in [-0.2, -0.15) is 18.2 Å². The van der Waals surface area contributed by atoms with Crippen LogP contribution in [0, 0.1) is 0 Å². The number of alkyl halides is 3. The summed E-state index contributed by atoms with van der Waals surface area (Å²) < 4.78 is 40.0. The van der Waals surface area contributed by atoms with Crippen LogP contribution in [0.5, 0.6) is 0 Å². The molecule has 0 bridgehead atoms.